The van der Waals surface area contributed by atoms with E-state index in [0.29, 0.717) is 12.1 Å². The first-order valence-electron chi connectivity index (χ1n) is 4.40. The maximum Gasteiger partial charge on any atom is 0.190 e. The van der Waals surface area contributed by atoms with Gasteiger partial charge in [0.15, 0.2) is 5.78 Å². The summed E-state index contributed by atoms with van der Waals surface area (Å²) in [7, 11) is 0. The van der Waals surface area contributed by atoms with Gasteiger partial charge in [-0.2, -0.15) is 8.75 Å². The van der Waals surface area contributed by atoms with Gasteiger partial charge >= 0.3 is 0 Å². The van der Waals surface area contributed by atoms with Crippen LogP contribution >= 0.6 is 23.1 Å². The van der Waals surface area contributed by atoms with Crippen LogP contribution in [0.2, 0.25) is 0 Å². The highest BCUT2D eigenvalue weighted by Crippen LogP contribution is 2.17. The van der Waals surface area contributed by atoms with E-state index >= 15 is 0 Å². The minimum atomic E-state index is -0.0162. The molecule has 2 heterocycles. The molecule has 0 atom stereocenters. The largest absolute Gasteiger partial charge is 0.292 e. The van der Waals surface area contributed by atoms with E-state index in [4.69, 9.17) is 0 Å². The van der Waals surface area contributed by atoms with E-state index in [0.717, 1.165) is 27.3 Å². The number of hydrogen-bond acceptors (Lipinski definition) is 6. The van der Waals surface area contributed by atoms with Gasteiger partial charge in [-0.25, -0.2) is 4.98 Å². The van der Waals surface area contributed by atoms with Gasteiger partial charge in [-0.3, -0.25) is 4.79 Å². The molecule has 2 aromatic rings. The Morgan fingerprint density at radius 2 is 2.27 bits per heavy atom. The molecule has 0 amide bonds. The fourth-order valence-electron chi connectivity index (χ4n) is 1.13. The average molecular weight is 239 g/mol. The van der Waals surface area contributed by atoms with Crippen LogP contribution in [0, 0.1) is 13.8 Å². The molecule has 0 spiro atoms. The topological polar surface area (TPSA) is 55.7 Å². The average Bonchev–Trinajstić information content (AvgIpc) is 2.77. The Morgan fingerprint density at radius 1 is 1.47 bits per heavy atom. The molecule has 0 radical (unpaired) electrons. The quantitative estimate of drug-likeness (QED) is 0.769. The van der Waals surface area contributed by atoms with Crippen molar-refractivity contribution in [2.75, 3.05) is 0 Å². The number of thiazole rings is 1. The molecular weight excluding hydrogens is 230 g/mol. The molecule has 0 unspecified atom stereocenters. The molecule has 0 N–H and O–H groups in total. The summed E-state index contributed by atoms with van der Waals surface area (Å²) >= 11 is 2.61. The van der Waals surface area contributed by atoms with Crippen LogP contribution in [0.4, 0.5) is 0 Å². The molecule has 0 aliphatic heterocycles. The zero-order valence-electron chi connectivity index (χ0n) is 8.35. The summed E-state index contributed by atoms with van der Waals surface area (Å²) in [4.78, 5) is 17.1. The van der Waals surface area contributed by atoms with E-state index in [1.54, 1.807) is 11.3 Å². The van der Waals surface area contributed by atoms with Gasteiger partial charge in [0.25, 0.3) is 0 Å². The predicted octanol–water partition coefficient (Wildman–Crippen LogP) is 2.04. The van der Waals surface area contributed by atoms with Crippen molar-refractivity contribution in [3.8, 4) is 0 Å². The third kappa shape index (κ3) is 2.27. The Kier molecular flexibility index (Phi) is 2.88. The summed E-state index contributed by atoms with van der Waals surface area (Å²) in [5.41, 5.74) is 1.43. The molecule has 0 saturated carbocycles. The molecule has 0 bridgehead atoms. The number of aromatic nitrogens is 3. The van der Waals surface area contributed by atoms with Crippen molar-refractivity contribution >= 4 is 28.8 Å². The van der Waals surface area contributed by atoms with Gasteiger partial charge in [0.2, 0.25) is 0 Å². The van der Waals surface area contributed by atoms with Crippen LogP contribution in [-0.2, 0) is 6.42 Å². The monoisotopic (exact) mass is 239 g/mol. The number of nitrogens with zero attached hydrogens (tertiary/aromatic N) is 3. The number of rotatable bonds is 3. The van der Waals surface area contributed by atoms with Crippen molar-refractivity contribution in [1.82, 2.24) is 13.7 Å². The van der Waals surface area contributed by atoms with Gasteiger partial charge in [-0.05, 0) is 13.8 Å². The second-order valence-electron chi connectivity index (χ2n) is 3.14. The van der Waals surface area contributed by atoms with Gasteiger partial charge in [-0.15, -0.1) is 11.3 Å². The number of ketones is 1. The van der Waals surface area contributed by atoms with Crippen molar-refractivity contribution in [2.45, 2.75) is 20.3 Å². The molecule has 0 aromatic carbocycles. The summed E-state index contributed by atoms with van der Waals surface area (Å²) in [6.07, 6.45) is 1.82. The van der Waals surface area contributed by atoms with E-state index in [-0.39, 0.29) is 5.78 Å². The summed E-state index contributed by atoms with van der Waals surface area (Å²) in [5, 5.41) is 0.850. The molecule has 2 rings (SSSR count). The number of Topliss-reactive ketones (excluding diaryl/α,β-unsaturated/α-hetero) is 1. The van der Waals surface area contributed by atoms with Crippen LogP contribution in [0.25, 0.3) is 0 Å². The van der Waals surface area contributed by atoms with Crippen molar-refractivity contribution in [3.63, 3.8) is 0 Å². The third-order valence-corrected chi connectivity index (χ3v) is 3.58. The van der Waals surface area contributed by atoms with Crippen molar-refractivity contribution < 1.29 is 4.79 Å². The second kappa shape index (κ2) is 4.16. The first kappa shape index (κ1) is 10.4. The highest BCUT2D eigenvalue weighted by Gasteiger charge is 2.13. The maximum absolute atomic E-state index is 11.7. The van der Waals surface area contributed by atoms with E-state index in [9.17, 15) is 4.79 Å². The van der Waals surface area contributed by atoms with Crippen LogP contribution in [0.5, 0.6) is 0 Å². The molecule has 2 aromatic heterocycles. The molecule has 0 aliphatic carbocycles. The van der Waals surface area contributed by atoms with E-state index in [1.165, 1.54) is 6.20 Å². The van der Waals surface area contributed by atoms with Crippen LogP contribution in [0.3, 0.4) is 0 Å². The second-order valence-corrected chi connectivity index (χ2v) is 4.99. The molecule has 0 aliphatic rings. The third-order valence-electron chi connectivity index (χ3n) is 2.03. The van der Waals surface area contributed by atoms with E-state index in [2.05, 4.69) is 13.7 Å². The van der Waals surface area contributed by atoms with Gasteiger partial charge in [-0.1, -0.05) is 0 Å². The van der Waals surface area contributed by atoms with Crippen LogP contribution in [0.15, 0.2) is 6.20 Å². The zero-order chi connectivity index (χ0) is 10.8. The fraction of sp³-hybridized carbons (Fsp3) is 0.333. The summed E-state index contributed by atoms with van der Waals surface area (Å²) in [5.74, 6) is -0.0162. The Labute approximate surface area is 95.3 Å². The van der Waals surface area contributed by atoms with E-state index < -0.39 is 0 Å². The van der Waals surface area contributed by atoms with E-state index in [1.807, 2.05) is 13.8 Å². The highest BCUT2D eigenvalue weighted by molar-refractivity contribution is 7.11. The lowest BCUT2D eigenvalue weighted by Crippen LogP contribution is -2.03. The Balaban J connectivity index is 2.13. The summed E-state index contributed by atoms with van der Waals surface area (Å²) in [6.45, 7) is 3.95. The first-order valence-corrected chi connectivity index (χ1v) is 5.95. The van der Waals surface area contributed by atoms with Gasteiger partial charge in [0.1, 0.15) is 10.7 Å². The Hall–Kier alpha value is -1.14. The standard InChI is InChI=1S/C9H9N3OS2/c1-5-6(2)14-9(11-5)3-8(13)7-4-10-15-12-7/h4H,3H2,1-2H3. The lowest BCUT2D eigenvalue weighted by Gasteiger charge is -1.91. The Morgan fingerprint density at radius 3 is 2.80 bits per heavy atom. The number of carbonyl (C=O) groups excluding carboxylic acids is 1. The Bertz CT molecular complexity index is 456. The van der Waals surface area contributed by atoms with Gasteiger partial charge < -0.3 is 0 Å². The van der Waals surface area contributed by atoms with Crippen LogP contribution in [-0.4, -0.2) is 19.5 Å². The molecule has 0 fully saturated rings. The number of carbonyl (C=O) groups is 1. The van der Waals surface area contributed by atoms with Gasteiger partial charge in [0, 0.05) is 4.88 Å². The van der Waals surface area contributed by atoms with Gasteiger partial charge in [0.05, 0.1) is 30.0 Å². The molecular formula is C9H9N3OS2. The van der Waals surface area contributed by atoms with Crippen LogP contribution in [0.1, 0.15) is 26.1 Å². The minimum absolute atomic E-state index is 0.0162. The van der Waals surface area contributed by atoms with Crippen molar-refractivity contribution in [1.29, 1.82) is 0 Å². The zero-order valence-corrected chi connectivity index (χ0v) is 9.98. The number of aryl methyl sites for hydroxylation is 2. The molecule has 4 nitrogen and oxygen atoms in total. The predicted molar refractivity (Wildman–Crippen MR) is 59.5 cm³/mol. The molecule has 15 heavy (non-hydrogen) atoms. The summed E-state index contributed by atoms with van der Waals surface area (Å²) in [6, 6.07) is 0. The van der Waals surface area contributed by atoms with Crippen molar-refractivity contribution in [3.05, 3.63) is 27.5 Å². The normalized spacial score (nSPS) is 10.5. The molecule has 0 saturated heterocycles. The van der Waals surface area contributed by atoms with Crippen LogP contribution < -0.4 is 0 Å². The number of hydrogen-bond donors (Lipinski definition) is 0. The highest BCUT2D eigenvalue weighted by atomic mass is 32.1. The fourth-order valence-corrected chi connectivity index (χ4v) is 2.49. The summed E-state index contributed by atoms with van der Waals surface area (Å²) < 4.78 is 7.70. The lowest BCUT2D eigenvalue weighted by molar-refractivity contribution is 0.0989. The van der Waals surface area contributed by atoms with Crippen molar-refractivity contribution in [2.24, 2.45) is 0 Å². The minimum Gasteiger partial charge on any atom is -0.292 e. The maximum atomic E-state index is 11.7. The smallest absolute Gasteiger partial charge is 0.190 e. The molecule has 6 heteroatoms. The molecule has 78 valence electrons. The lowest BCUT2D eigenvalue weighted by atomic mass is 10.2. The SMILES string of the molecule is Cc1nc(CC(=O)c2cnsn2)sc1C. The first-order chi connectivity index (χ1) is 7.16.